The summed E-state index contributed by atoms with van der Waals surface area (Å²) in [6.45, 7) is 7.31. The Balaban J connectivity index is 1.87. The van der Waals surface area contributed by atoms with Crippen LogP contribution in [0.1, 0.15) is 54.0 Å². The maximum atomic E-state index is 12.8. The van der Waals surface area contributed by atoms with Gasteiger partial charge in [0.2, 0.25) is 5.82 Å². The third-order valence-electron chi connectivity index (χ3n) is 4.97. The van der Waals surface area contributed by atoms with Crippen molar-refractivity contribution in [2.45, 2.75) is 52.0 Å². The molecule has 0 spiro atoms. The summed E-state index contributed by atoms with van der Waals surface area (Å²) < 4.78 is 0. The molecule has 1 amide bonds. The quantitative estimate of drug-likeness (QED) is 0.897. The fourth-order valence-electron chi connectivity index (χ4n) is 3.41. The molecule has 126 valence electrons. The number of aromatic nitrogens is 2. The fourth-order valence-corrected chi connectivity index (χ4v) is 3.41. The van der Waals surface area contributed by atoms with Gasteiger partial charge in [-0.05, 0) is 33.1 Å². The van der Waals surface area contributed by atoms with Gasteiger partial charge < -0.3 is 15.5 Å². The van der Waals surface area contributed by atoms with Crippen LogP contribution in [0.5, 0.6) is 0 Å². The van der Waals surface area contributed by atoms with Crippen LogP contribution in [0, 0.1) is 13.8 Å². The van der Waals surface area contributed by atoms with E-state index < -0.39 is 0 Å². The monoisotopic (exact) mass is 317 g/mol. The third-order valence-corrected chi connectivity index (χ3v) is 4.97. The molecule has 0 unspecified atom stereocenters. The van der Waals surface area contributed by atoms with Gasteiger partial charge in [-0.2, -0.15) is 0 Å². The lowest BCUT2D eigenvalue weighted by Gasteiger charge is -2.23. The highest BCUT2D eigenvalue weighted by Gasteiger charge is 2.26. The molecular weight excluding hydrogens is 290 g/mol. The number of amides is 1. The maximum Gasteiger partial charge on any atom is 0.291 e. The Kier molecular flexibility index (Phi) is 4.80. The van der Waals surface area contributed by atoms with Gasteiger partial charge in [0.25, 0.3) is 5.91 Å². The minimum absolute atomic E-state index is 0.0280. The molecule has 1 aromatic heterocycles. The molecule has 2 fully saturated rings. The molecule has 0 radical (unpaired) electrons. The van der Waals surface area contributed by atoms with Crippen molar-refractivity contribution < 1.29 is 4.79 Å². The van der Waals surface area contributed by atoms with Gasteiger partial charge in [-0.3, -0.25) is 4.79 Å². The van der Waals surface area contributed by atoms with Gasteiger partial charge in [0.15, 0.2) is 0 Å². The van der Waals surface area contributed by atoms with Crippen LogP contribution >= 0.6 is 0 Å². The van der Waals surface area contributed by atoms with Crippen LogP contribution in [0.2, 0.25) is 0 Å². The Hall–Kier alpha value is -1.69. The second kappa shape index (κ2) is 6.83. The van der Waals surface area contributed by atoms with E-state index in [4.69, 9.17) is 5.73 Å². The van der Waals surface area contributed by atoms with E-state index in [1.54, 1.807) is 0 Å². The number of nitrogens with two attached hydrogens (primary N) is 1. The Morgan fingerprint density at radius 1 is 1.09 bits per heavy atom. The number of hydrogen-bond donors (Lipinski definition) is 1. The lowest BCUT2D eigenvalue weighted by atomic mass is 10.2. The van der Waals surface area contributed by atoms with E-state index in [0.29, 0.717) is 5.82 Å². The summed E-state index contributed by atoms with van der Waals surface area (Å²) >= 11 is 0. The molecule has 0 aromatic carbocycles. The highest BCUT2D eigenvalue weighted by Crippen LogP contribution is 2.24. The summed E-state index contributed by atoms with van der Waals surface area (Å²) in [6.07, 6.45) is 5.52. The van der Waals surface area contributed by atoms with Crippen molar-refractivity contribution in [3.63, 3.8) is 0 Å². The highest BCUT2D eigenvalue weighted by atomic mass is 16.2. The molecule has 23 heavy (non-hydrogen) atoms. The summed E-state index contributed by atoms with van der Waals surface area (Å²) in [4.78, 5) is 26.0. The van der Waals surface area contributed by atoms with Gasteiger partial charge in [-0.1, -0.05) is 12.8 Å². The van der Waals surface area contributed by atoms with Crippen molar-refractivity contribution in [1.29, 1.82) is 0 Å². The van der Waals surface area contributed by atoms with Crippen molar-refractivity contribution in [3.05, 3.63) is 17.1 Å². The van der Waals surface area contributed by atoms with E-state index in [2.05, 4.69) is 14.9 Å². The van der Waals surface area contributed by atoms with E-state index in [0.717, 1.165) is 62.5 Å². The Bertz CT molecular complexity index is 581. The predicted molar refractivity (Wildman–Crippen MR) is 90.7 cm³/mol. The maximum absolute atomic E-state index is 12.8. The molecule has 0 bridgehead atoms. The molecule has 2 aliphatic rings. The second-order valence-corrected chi connectivity index (χ2v) is 6.78. The first kappa shape index (κ1) is 16.2. The average molecular weight is 317 g/mol. The summed E-state index contributed by atoms with van der Waals surface area (Å²) in [7, 11) is 0. The van der Waals surface area contributed by atoms with Gasteiger partial charge in [0.1, 0.15) is 5.82 Å². The first-order valence-electron chi connectivity index (χ1n) is 8.71. The summed E-state index contributed by atoms with van der Waals surface area (Å²) in [5.74, 6) is 1.19. The van der Waals surface area contributed by atoms with Crippen LogP contribution in [0.15, 0.2) is 0 Å². The molecule has 0 aliphatic carbocycles. The number of likely N-dealkylation sites (tertiary alicyclic amines) is 1. The minimum Gasteiger partial charge on any atom is -0.355 e. The van der Waals surface area contributed by atoms with Gasteiger partial charge in [0, 0.05) is 43.5 Å². The smallest absolute Gasteiger partial charge is 0.291 e. The molecule has 6 heteroatoms. The normalized spacial score (nSPS) is 22.3. The van der Waals surface area contributed by atoms with E-state index >= 15 is 0 Å². The number of carbonyl (C=O) groups excluding carboxylic acids is 1. The first-order valence-corrected chi connectivity index (χ1v) is 8.71. The second-order valence-electron chi connectivity index (χ2n) is 6.78. The van der Waals surface area contributed by atoms with Crippen LogP contribution < -0.4 is 10.6 Å². The summed E-state index contributed by atoms with van der Waals surface area (Å²) in [6, 6.07) is 0.189. The van der Waals surface area contributed by atoms with E-state index in [-0.39, 0.29) is 11.9 Å². The molecule has 1 atom stereocenters. The van der Waals surface area contributed by atoms with Crippen molar-refractivity contribution in [3.8, 4) is 0 Å². The molecule has 6 nitrogen and oxygen atoms in total. The lowest BCUT2D eigenvalue weighted by Crippen LogP contribution is -2.34. The largest absolute Gasteiger partial charge is 0.355 e. The topological polar surface area (TPSA) is 75.4 Å². The molecule has 3 rings (SSSR count). The SMILES string of the molecule is Cc1nc(C(=O)N2CCCCCC2)nc(N2CC[C@@H](N)C2)c1C. The summed E-state index contributed by atoms with van der Waals surface area (Å²) in [5.41, 5.74) is 7.95. The molecule has 2 N–H and O–H groups in total. The first-order chi connectivity index (χ1) is 11.1. The number of carbonyl (C=O) groups is 1. The number of aryl methyl sites for hydroxylation is 1. The molecular formula is C17H27N5O. The van der Waals surface area contributed by atoms with Crippen LogP contribution in [-0.2, 0) is 0 Å². The van der Waals surface area contributed by atoms with E-state index in [9.17, 15) is 4.79 Å². The third kappa shape index (κ3) is 3.47. The van der Waals surface area contributed by atoms with Gasteiger partial charge in [0.05, 0.1) is 0 Å². The standard InChI is InChI=1S/C17H27N5O/c1-12-13(2)19-15(17(23)21-8-5-3-4-6-9-21)20-16(12)22-10-7-14(18)11-22/h14H,3-11,18H2,1-2H3/t14-/m1/s1. The van der Waals surface area contributed by atoms with Crippen LogP contribution in [0.3, 0.4) is 0 Å². The highest BCUT2D eigenvalue weighted by molar-refractivity contribution is 5.91. The number of anilines is 1. The molecule has 2 saturated heterocycles. The number of rotatable bonds is 2. The van der Waals surface area contributed by atoms with Gasteiger partial charge in [-0.15, -0.1) is 0 Å². The van der Waals surface area contributed by atoms with Gasteiger partial charge >= 0.3 is 0 Å². The van der Waals surface area contributed by atoms with Crippen LogP contribution in [0.25, 0.3) is 0 Å². The minimum atomic E-state index is -0.0280. The fraction of sp³-hybridized carbons (Fsp3) is 0.706. The Morgan fingerprint density at radius 3 is 2.39 bits per heavy atom. The summed E-state index contributed by atoms with van der Waals surface area (Å²) in [5, 5.41) is 0. The van der Waals surface area contributed by atoms with E-state index in [1.807, 2.05) is 18.7 Å². The van der Waals surface area contributed by atoms with Crippen molar-refractivity contribution >= 4 is 11.7 Å². The van der Waals surface area contributed by atoms with Crippen LogP contribution in [0.4, 0.5) is 5.82 Å². The molecule has 1 aromatic rings. The number of hydrogen-bond acceptors (Lipinski definition) is 5. The zero-order chi connectivity index (χ0) is 16.4. The predicted octanol–water partition coefficient (Wildman–Crippen LogP) is 1.65. The molecule has 2 aliphatic heterocycles. The Labute approximate surface area is 138 Å². The number of nitrogens with zero attached hydrogens (tertiary/aromatic N) is 4. The molecule has 3 heterocycles. The Morgan fingerprint density at radius 2 is 1.78 bits per heavy atom. The van der Waals surface area contributed by atoms with Gasteiger partial charge in [-0.25, -0.2) is 9.97 Å². The zero-order valence-electron chi connectivity index (χ0n) is 14.2. The average Bonchev–Trinajstić information content (AvgIpc) is 2.80. The van der Waals surface area contributed by atoms with Crippen molar-refractivity contribution in [2.24, 2.45) is 5.73 Å². The molecule has 0 saturated carbocycles. The van der Waals surface area contributed by atoms with E-state index in [1.165, 1.54) is 12.8 Å². The lowest BCUT2D eigenvalue weighted by molar-refractivity contribution is 0.0749. The van der Waals surface area contributed by atoms with Crippen molar-refractivity contribution in [1.82, 2.24) is 14.9 Å². The zero-order valence-corrected chi connectivity index (χ0v) is 14.2. The van der Waals surface area contributed by atoms with Crippen molar-refractivity contribution in [2.75, 3.05) is 31.1 Å². The van der Waals surface area contributed by atoms with Crippen LogP contribution in [-0.4, -0.2) is 53.0 Å².